The predicted molar refractivity (Wildman–Crippen MR) is 88.6 cm³/mol. The minimum Gasteiger partial charge on any atom is -0.414 e. The van der Waals surface area contributed by atoms with Crippen LogP contribution in [0.15, 0.2) is 24.3 Å². The lowest BCUT2D eigenvalue weighted by atomic mass is 9.87. The third kappa shape index (κ3) is 2.93. The molecule has 3 rings (SSSR count). The molecule has 4 nitrogen and oxygen atoms in total. The molecule has 1 aromatic rings. The Balaban J connectivity index is 2.25. The monoisotopic (exact) mass is 357 g/mol. The van der Waals surface area contributed by atoms with Crippen LogP contribution in [0, 0.1) is 5.92 Å². The Kier molecular flexibility index (Phi) is 4.15. The Hall–Kier alpha value is -1.60. The van der Waals surface area contributed by atoms with Crippen LogP contribution >= 0.6 is 0 Å². The molecule has 138 valence electrons. The number of nitrogens with zero attached hydrogens (tertiary/aromatic N) is 1. The second kappa shape index (κ2) is 5.71. The molecule has 2 aliphatic rings. The first kappa shape index (κ1) is 18.2. The molecule has 1 aromatic carbocycles. The van der Waals surface area contributed by atoms with Crippen LogP contribution in [-0.4, -0.2) is 24.0 Å². The maximum absolute atomic E-state index is 14.5. The summed E-state index contributed by atoms with van der Waals surface area (Å²) in [5.41, 5.74) is 5.41. The van der Waals surface area contributed by atoms with Crippen molar-refractivity contribution >= 4 is 11.8 Å². The molecule has 0 bridgehead atoms. The number of alkyl halides is 3. The van der Waals surface area contributed by atoms with Crippen molar-refractivity contribution in [3.8, 4) is 0 Å². The molecule has 1 aliphatic carbocycles. The Bertz CT molecular complexity index is 680. The minimum absolute atomic E-state index is 0.0973. The number of para-hydroxylation sites is 1. The molecule has 0 spiro atoms. The zero-order chi connectivity index (χ0) is 18.6. The molecule has 1 fully saturated rings. The van der Waals surface area contributed by atoms with Gasteiger partial charge in [-0.3, -0.25) is 0 Å². The lowest BCUT2D eigenvalue weighted by Crippen LogP contribution is -2.72. The molecule has 1 amide bonds. The van der Waals surface area contributed by atoms with Crippen molar-refractivity contribution in [3.05, 3.63) is 29.8 Å². The summed E-state index contributed by atoms with van der Waals surface area (Å²) in [5, 5.41) is 0. The third-order valence-electron chi connectivity index (χ3n) is 4.96. The van der Waals surface area contributed by atoms with Gasteiger partial charge in [0, 0.05) is 30.0 Å². The van der Waals surface area contributed by atoms with E-state index >= 15 is 0 Å². The van der Waals surface area contributed by atoms with E-state index in [0.717, 1.165) is 0 Å². The van der Waals surface area contributed by atoms with E-state index in [-0.39, 0.29) is 18.0 Å². The third-order valence-corrected chi connectivity index (χ3v) is 4.96. The average molecular weight is 357 g/mol. The molecular formula is C18H24F3N2O2+. The summed E-state index contributed by atoms with van der Waals surface area (Å²) in [5.74, 6) is -0.173. The molecule has 0 aromatic heterocycles. The summed E-state index contributed by atoms with van der Waals surface area (Å²) in [6.45, 7) is 4.72. The van der Waals surface area contributed by atoms with Crippen molar-refractivity contribution in [1.29, 1.82) is 0 Å². The van der Waals surface area contributed by atoms with E-state index in [4.69, 9.17) is 10.5 Å². The number of amides is 1. The van der Waals surface area contributed by atoms with Gasteiger partial charge >= 0.3 is 12.4 Å². The number of nitrogens with two attached hydrogens (primary N) is 1. The number of carbonyl (C=O) groups is 1. The van der Waals surface area contributed by atoms with Gasteiger partial charge in [0.05, 0.1) is 0 Å². The van der Waals surface area contributed by atoms with Gasteiger partial charge in [0.25, 0.3) is 0 Å². The second-order valence-electron chi connectivity index (χ2n) is 7.98. The van der Waals surface area contributed by atoms with E-state index in [0.29, 0.717) is 18.4 Å². The molecule has 1 saturated carbocycles. The number of fused-ring (bicyclic) bond motifs is 1. The second-order valence-corrected chi connectivity index (χ2v) is 7.98. The number of rotatable bonds is 1. The highest BCUT2D eigenvalue weighted by atomic mass is 19.4. The van der Waals surface area contributed by atoms with Gasteiger partial charge in [-0.25, -0.2) is 0 Å². The lowest BCUT2D eigenvalue weighted by molar-refractivity contribution is -0.243. The highest BCUT2D eigenvalue weighted by Crippen LogP contribution is 2.55. The first-order chi connectivity index (χ1) is 11.5. The Labute approximate surface area is 145 Å². The smallest absolute Gasteiger partial charge is 0.414 e. The molecule has 0 radical (unpaired) electrons. The van der Waals surface area contributed by atoms with Crippen LogP contribution in [0.25, 0.3) is 0 Å². The van der Waals surface area contributed by atoms with Crippen LogP contribution < -0.4 is 10.2 Å². The molecule has 1 unspecified atom stereocenters. The van der Waals surface area contributed by atoms with Gasteiger partial charge in [0.15, 0.2) is 5.69 Å². The molecule has 3 atom stereocenters. The van der Waals surface area contributed by atoms with Crippen LogP contribution in [-0.2, 0) is 4.74 Å². The van der Waals surface area contributed by atoms with E-state index in [1.807, 2.05) is 0 Å². The van der Waals surface area contributed by atoms with Gasteiger partial charge in [-0.05, 0) is 33.6 Å². The van der Waals surface area contributed by atoms with Gasteiger partial charge < -0.3 is 10.5 Å². The molecular weight excluding hydrogens is 333 g/mol. The largest absolute Gasteiger partial charge is 0.576 e. The molecule has 2 N–H and O–H groups in total. The fourth-order valence-electron chi connectivity index (χ4n) is 3.83. The van der Waals surface area contributed by atoms with Gasteiger partial charge in [-0.15, -0.1) is 13.2 Å². The van der Waals surface area contributed by atoms with E-state index < -0.39 is 34.6 Å². The van der Waals surface area contributed by atoms with Crippen LogP contribution in [0.1, 0.15) is 51.6 Å². The standard InChI is InChI=1S/C18H24F3N2O2/c1-17(2,3)25-16(24)23(18(19,20)21)14-7-5-4-6-12(14)13(22)10-15(23)11-8-9-11/h4-7,11,13,15H,8-10,22H2,1-3H3/q+1/t13?,15-,23+/m1/s1. The van der Waals surface area contributed by atoms with Crippen molar-refractivity contribution in [1.82, 2.24) is 4.48 Å². The Morgan fingerprint density at radius 1 is 1.20 bits per heavy atom. The van der Waals surface area contributed by atoms with Crippen molar-refractivity contribution in [2.75, 3.05) is 0 Å². The summed E-state index contributed by atoms with van der Waals surface area (Å²) in [6, 6.07) is 4.64. The fraction of sp³-hybridized carbons (Fsp3) is 0.611. The van der Waals surface area contributed by atoms with E-state index in [9.17, 15) is 18.0 Å². The zero-order valence-corrected chi connectivity index (χ0v) is 14.6. The Morgan fingerprint density at radius 2 is 1.80 bits per heavy atom. The number of halogens is 3. The number of benzene rings is 1. The summed E-state index contributed by atoms with van der Waals surface area (Å²) < 4.78 is 47.0. The maximum atomic E-state index is 14.5. The molecule has 1 aliphatic heterocycles. The van der Waals surface area contributed by atoms with E-state index in [1.54, 1.807) is 32.9 Å². The summed E-state index contributed by atoms with van der Waals surface area (Å²) in [6.07, 6.45) is -4.61. The highest BCUT2D eigenvalue weighted by molar-refractivity contribution is 5.86. The molecule has 25 heavy (non-hydrogen) atoms. The number of carbonyl (C=O) groups excluding carboxylic acids is 1. The maximum Gasteiger partial charge on any atom is 0.576 e. The van der Waals surface area contributed by atoms with Crippen molar-refractivity contribution in [3.63, 3.8) is 0 Å². The van der Waals surface area contributed by atoms with Gasteiger partial charge in [0.1, 0.15) is 11.6 Å². The first-order valence-electron chi connectivity index (χ1n) is 8.52. The van der Waals surface area contributed by atoms with Gasteiger partial charge in [-0.2, -0.15) is 4.79 Å². The quantitative estimate of drug-likeness (QED) is 0.589. The number of hydrogen-bond acceptors (Lipinski definition) is 3. The van der Waals surface area contributed by atoms with Crippen LogP contribution in [0.2, 0.25) is 0 Å². The zero-order valence-electron chi connectivity index (χ0n) is 14.6. The summed E-state index contributed by atoms with van der Waals surface area (Å²) in [4.78, 5) is 13.0. The first-order valence-corrected chi connectivity index (χ1v) is 8.52. The number of ether oxygens (including phenoxy) is 1. The summed E-state index contributed by atoms with van der Waals surface area (Å²) in [7, 11) is 0. The van der Waals surface area contributed by atoms with Crippen LogP contribution in [0.4, 0.5) is 23.7 Å². The average Bonchev–Trinajstić information content (AvgIpc) is 3.28. The van der Waals surface area contributed by atoms with Crippen LogP contribution in [0.5, 0.6) is 0 Å². The van der Waals surface area contributed by atoms with Crippen molar-refractivity contribution in [2.45, 2.75) is 64.0 Å². The molecule has 1 heterocycles. The van der Waals surface area contributed by atoms with Gasteiger partial charge in [0.2, 0.25) is 0 Å². The molecule has 0 saturated heterocycles. The minimum atomic E-state index is -4.81. The van der Waals surface area contributed by atoms with Gasteiger partial charge in [-0.1, -0.05) is 22.7 Å². The van der Waals surface area contributed by atoms with E-state index in [1.165, 1.54) is 12.1 Å². The summed E-state index contributed by atoms with van der Waals surface area (Å²) >= 11 is 0. The van der Waals surface area contributed by atoms with Crippen molar-refractivity contribution in [2.24, 2.45) is 11.7 Å². The SMILES string of the molecule is CC(C)(C)OC(=O)[N@+]1(C(F)(F)F)c2ccccc2C(N)C[C@@H]1C1CC1. The Morgan fingerprint density at radius 3 is 2.32 bits per heavy atom. The number of hydrogen-bond donors (Lipinski definition) is 1. The normalized spacial score (nSPS) is 29.9. The van der Waals surface area contributed by atoms with E-state index in [2.05, 4.69) is 0 Å². The lowest BCUT2D eigenvalue weighted by Gasteiger charge is -2.46. The molecule has 7 heteroatoms. The highest BCUT2D eigenvalue weighted by Gasteiger charge is 2.72. The predicted octanol–water partition coefficient (Wildman–Crippen LogP) is 4.63. The van der Waals surface area contributed by atoms with Crippen molar-refractivity contribution < 1.29 is 22.7 Å². The van der Waals surface area contributed by atoms with Crippen LogP contribution in [0.3, 0.4) is 0 Å². The topological polar surface area (TPSA) is 52.3 Å². The fourth-order valence-corrected chi connectivity index (χ4v) is 3.83. The number of quaternary nitrogens is 1.